The van der Waals surface area contributed by atoms with Gasteiger partial charge in [0.2, 0.25) is 11.7 Å². The molecule has 0 radical (unpaired) electrons. The van der Waals surface area contributed by atoms with Gasteiger partial charge in [-0.1, -0.05) is 0 Å². The summed E-state index contributed by atoms with van der Waals surface area (Å²) in [6.07, 6.45) is 0. The fourth-order valence-corrected chi connectivity index (χ4v) is 2.16. The molecular formula is C17H29IN4O4. The van der Waals surface area contributed by atoms with Crippen molar-refractivity contribution in [1.29, 1.82) is 0 Å². The fourth-order valence-electron chi connectivity index (χ4n) is 2.16. The molecule has 26 heavy (non-hydrogen) atoms. The van der Waals surface area contributed by atoms with E-state index in [4.69, 9.17) is 14.2 Å². The van der Waals surface area contributed by atoms with E-state index in [0.29, 0.717) is 42.8 Å². The van der Waals surface area contributed by atoms with Crippen LogP contribution in [0.4, 0.5) is 0 Å². The lowest BCUT2D eigenvalue weighted by Crippen LogP contribution is -2.41. The van der Waals surface area contributed by atoms with Crippen LogP contribution < -0.4 is 30.2 Å². The number of amides is 1. The Balaban J connectivity index is 0.00000625. The number of nitrogens with one attached hydrogen (secondary N) is 3. The van der Waals surface area contributed by atoms with Gasteiger partial charge in [0.15, 0.2) is 17.5 Å². The minimum absolute atomic E-state index is 0. The van der Waals surface area contributed by atoms with Crippen molar-refractivity contribution in [2.24, 2.45) is 4.99 Å². The van der Waals surface area contributed by atoms with Crippen LogP contribution >= 0.6 is 24.0 Å². The smallest absolute Gasteiger partial charge is 0.216 e. The highest BCUT2D eigenvalue weighted by molar-refractivity contribution is 14.0. The van der Waals surface area contributed by atoms with Gasteiger partial charge in [-0.15, -0.1) is 24.0 Å². The summed E-state index contributed by atoms with van der Waals surface area (Å²) >= 11 is 0. The van der Waals surface area contributed by atoms with Crippen molar-refractivity contribution in [3.8, 4) is 17.2 Å². The van der Waals surface area contributed by atoms with Gasteiger partial charge in [-0.2, -0.15) is 0 Å². The summed E-state index contributed by atoms with van der Waals surface area (Å²) in [5.41, 5.74) is 0.925. The number of hydrogen-bond acceptors (Lipinski definition) is 5. The number of halogens is 1. The van der Waals surface area contributed by atoms with E-state index < -0.39 is 0 Å². The van der Waals surface area contributed by atoms with Gasteiger partial charge in [0.05, 0.1) is 27.9 Å². The van der Waals surface area contributed by atoms with Gasteiger partial charge in [-0.3, -0.25) is 4.79 Å². The number of nitrogens with zero attached hydrogens (tertiary/aromatic N) is 1. The van der Waals surface area contributed by atoms with Crippen LogP contribution in [0.1, 0.15) is 19.4 Å². The maximum atomic E-state index is 10.9. The molecule has 0 unspecified atom stereocenters. The average Bonchev–Trinajstić information content (AvgIpc) is 2.61. The van der Waals surface area contributed by atoms with Crippen molar-refractivity contribution in [3.05, 3.63) is 17.7 Å². The molecule has 0 fully saturated rings. The van der Waals surface area contributed by atoms with E-state index in [1.807, 2.05) is 19.1 Å². The van der Waals surface area contributed by atoms with E-state index in [1.54, 1.807) is 21.3 Å². The number of ether oxygens (including phenoxy) is 3. The summed E-state index contributed by atoms with van der Waals surface area (Å²) in [6, 6.07) is 3.73. The molecule has 3 N–H and O–H groups in total. The van der Waals surface area contributed by atoms with Gasteiger partial charge in [0.25, 0.3) is 0 Å². The third-order valence-electron chi connectivity index (χ3n) is 3.28. The lowest BCUT2D eigenvalue weighted by molar-refractivity contribution is -0.118. The summed E-state index contributed by atoms with van der Waals surface area (Å²) < 4.78 is 16.0. The molecule has 1 rings (SSSR count). The van der Waals surface area contributed by atoms with E-state index in [1.165, 1.54) is 6.92 Å². The quantitative estimate of drug-likeness (QED) is 0.215. The maximum Gasteiger partial charge on any atom is 0.216 e. The largest absolute Gasteiger partial charge is 0.493 e. The zero-order valence-electron chi connectivity index (χ0n) is 16.0. The molecule has 1 aromatic rings. The Morgan fingerprint density at radius 3 is 2.04 bits per heavy atom. The van der Waals surface area contributed by atoms with Crippen LogP contribution in [0.5, 0.6) is 17.2 Å². The third-order valence-corrected chi connectivity index (χ3v) is 3.28. The topological polar surface area (TPSA) is 93.2 Å². The van der Waals surface area contributed by atoms with Gasteiger partial charge >= 0.3 is 0 Å². The first-order valence-electron chi connectivity index (χ1n) is 8.11. The first-order valence-corrected chi connectivity index (χ1v) is 8.11. The second-order valence-corrected chi connectivity index (χ2v) is 5.14. The van der Waals surface area contributed by atoms with Crippen molar-refractivity contribution in [3.63, 3.8) is 0 Å². The normalized spacial score (nSPS) is 10.4. The van der Waals surface area contributed by atoms with E-state index in [2.05, 4.69) is 20.9 Å². The predicted octanol–water partition coefficient (Wildman–Crippen LogP) is 1.52. The molecule has 0 bridgehead atoms. The average molecular weight is 480 g/mol. The standard InChI is InChI=1S/C17H28N4O4.HI/c1-6-18-17(20-8-7-19-12(2)22)21-11-13-9-14(23-3)16(25-5)15(10-13)24-4;/h9-10H,6-8,11H2,1-5H3,(H,19,22)(H2,18,20,21);1H. The molecule has 0 spiro atoms. The van der Waals surface area contributed by atoms with Crippen LogP contribution in [0.15, 0.2) is 17.1 Å². The Kier molecular flexibility index (Phi) is 12.3. The van der Waals surface area contributed by atoms with Crippen LogP contribution in [0.3, 0.4) is 0 Å². The van der Waals surface area contributed by atoms with Crippen LogP contribution in [0.25, 0.3) is 0 Å². The molecule has 0 aromatic heterocycles. The summed E-state index contributed by atoms with van der Waals surface area (Å²) in [5.74, 6) is 2.35. The molecule has 9 heteroatoms. The third kappa shape index (κ3) is 7.98. The first-order chi connectivity index (χ1) is 12.0. The number of benzene rings is 1. The number of methoxy groups -OCH3 is 3. The molecular weight excluding hydrogens is 451 g/mol. The molecule has 148 valence electrons. The maximum absolute atomic E-state index is 10.9. The Hall–Kier alpha value is -1.91. The Morgan fingerprint density at radius 2 is 1.58 bits per heavy atom. The second-order valence-electron chi connectivity index (χ2n) is 5.14. The van der Waals surface area contributed by atoms with Gasteiger partial charge in [0.1, 0.15) is 0 Å². The molecule has 0 saturated carbocycles. The Morgan fingerprint density at radius 1 is 1.00 bits per heavy atom. The Bertz CT molecular complexity index is 571. The minimum atomic E-state index is -0.0545. The van der Waals surface area contributed by atoms with Gasteiger partial charge in [-0.25, -0.2) is 4.99 Å². The summed E-state index contributed by atoms with van der Waals surface area (Å²) in [4.78, 5) is 15.4. The number of carbonyl (C=O) groups is 1. The molecule has 0 aliphatic rings. The van der Waals surface area contributed by atoms with Crippen molar-refractivity contribution >= 4 is 35.8 Å². The zero-order valence-corrected chi connectivity index (χ0v) is 18.3. The number of carbonyl (C=O) groups excluding carboxylic acids is 1. The van der Waals surface area contributed by atoms with E-state index in [0.717, 1.165) is 12.1 Å². The summed E-state index contributed by atoms with van der Waals surface area (Å²) in [7, 11) is 4.73. The van der Waals surface area contributed by atoms with Crippen LogP contribution in [-0.2, 0) is 11.3 Å². The number of aliphatic imine (C=N–C) groups is 1. The van der Waals surface area contributed by atoms with E-state index >= 15 is 0 Å². The van der Waals surface area contributed by atoms with Gasteiger partial charge in [0, 0.05) is 26.6 Å². The van der Waals surface area contributed by atoms with Crippen molar-refractivity contribution < 1.29 is 19.0 Å². The lowest BCUT2D eigenvalue weighted by Gasteiger charge is -2.14. The highest BCUT2D eigenvalue weighted by Crippen LogP contribution is 2.38. The van der Waals surface area contributed by atoms with Crippen molar-refractivity contribution in [2.75, 3.05) is 41.0 Å². The SMILES string of the molecule is CCNC(=NCc1cc(OC)c(OC)c(OC)c1)NCCNC(C)=O.I. The van der Waals surface area contributed by atoms with E-state index in [9.17, 15) is 4.79 Å². The first kappa shape index (κ1) is 24.1. The van der Waals surface area contributed by atoms with Gasteiger partial charge in [-0.05, 0) is 24.6 Å². The van der Waals surface area contributed by atoms with Crippen molar-refractivity contribution in [1.82, 2.24) is 16.0 Å². The van der Waals surface area contributed by atoms with Crippen LogP contribution in [-0.4, -0.2) is 52.8 Å². The zero-order chi connectivity index (χ0) is 18.7. The summed E-state index contributed by atoms with van der Waals surface area (Å²) in [5, 5.41) is 9.05. The molecule has 8 nitrogen and oxygen atoms in total. The predicted molar refractivity (Wildman–Crippen MR) is 113 cm³/mol. The molecule has 0 heterocycles. The van der Waals surface area contributed by atoms with Gasteiger partial charge < -0.3 is 30.2 Å². The molecule has 0 atom stereocenters. The molecule has 1 aromatic carbocycles. The fraction of sp³-hybridized carbons (Fsp3) is 0.529. The number of hydrogen-bond donors (Lipinski definition) is 3. The minimum Gasteiger partial charge on any atom is -0.493 e. The van der Waals surface area contributed by atoms with Crippen LogP contribution in [0.2, 0.25) is 0 Å². The molecule has 0 saturated heterocycles. The lowest BCUT2D eigenvalue weighted by atomic mass is 10.2. The molecule has 0 aliphatic carbocycles. The molecule has 1 amide bonds. The monoisotopic (exact) mass is 480 g/mol. The highest BCUT2D eigenvalue weighted by atomic mass is 127. The van der Waals surface area contributed by atoms with Crippen molar-refractivity contribution in [2.45, 2.75) is 20.4 Å². The summed E-state index contributed by atoms with van der Waals surface area (Å²) in [6.45, 7) is 5.77. The number of guanidine groups is 1. The second kappa shape index (κ2) is 13.3. The molecule has 0 aliphatic heterocycles. The highest BCUT2D eigenvalue weighted by Gasteiger charge is 2.13. The van der Waals surface area contributed by atoms with E-state index in [-0.39, 0.29) is 29.9 Å². The van der Waals surface area contributed by atoms with Crippen LogP contribution in [0, 0.1) is 0 Å². The number of rotatable bonds is 9. The Labute approximate surface area is 172 Å².